The maximum atomic E-state index is 12.5. The van der Waals surface area contributed by atoms with Gasteiger partial charge in [-0.3, -0.25) is 0 Å². The lowest BCUT2D eigenvalue weighted by Gasteiger charge is -2.46. The number of esters is 1. The zero-order chi connectivity index (χ0) is 19.7. The summed E-state index contributed by atoms with van der Waals surface area (Å²) in [5.41, 5.74) is 0.560. The van der Waals surface area contributed by atoms with Gasteiger partial charge in [-0.05, 0) is 50.3 Å². The lowest BCUT2D eigenvalue weighted by atomic mass is 9.65. The van der Waals surface area contributed by atoms with Gasteiger partial charge in [0.15, 0.2) is 0 Å². The standard InChI is InChI=1S/C24H30O3/c1-17(2)20-13-14-23(4)21(16-18(3)12-15-24(20,23)26)27-22(25)11-10-19-8-6-5-7-9-19/h5-11,13-14,16-17,20-21,26H,12,15H2,1-4H3/b11-10+/t20-,21-,23-,24+/m1/s1. The molecule has 0 saturated carbocycles. The molecule has 1 aromatic carbocycles. The Morgan fingerprint density at radius 2 is 2.00 bits per heavy atom. The van der Waals surface area contributed by atoms with Gasteiger partial charge >= 0.3 is 5.97 Å². The Kier molecular flexibility index (Phi) is 5.43. The van der Waals surface area contributed by atoms with Gasteiger partial charge in [0.1, 0.15) is 6.10 Å². The van der Waals surface area contributed by atoms with E-state index in [1.54, 1.807) is 6.08 Å². The second kappa shape index (κ2) is 7.47. The van der Waals surface area contributed by atoms with Crippen LogP contribution in [0.2, 0.25) is 0 Å². The number of rotatable bonds is 4. The third-order valence-electron chi connectivity index (χ3n) is 6.23. The Balaban J connectivity index is 1.84. The molecule has 3 nitrogen and oxygen atoms in total. The fourth-order valence-electron chi connectivity index (χ4n) is 4.47. The Hall–Kier alpha value is -2.13. The number of carbonyl (C=O) groups excluding carboxylic acids is 1. The van der Waals surface area contributed by atoms with Gasteiger partial charge < -0.3 is 9.84 Å². The van der Waals surface area contributed by atoms with Crippen molar-refractivity contribution < 1.29 is 14.6 Å². The van der Waals surface area contributed by atoms with Crippen molar-refractivity contribution in [2.75, 3.05) is 0 Å². The number of carbonyl (C=O) groups is 1. The molecular formula is C24H30O3. The zero-order valence-corrected chi connectivity index (χ0v) is 16.7. The van der Waals surface area contributed by atoms with Crippen LogP contribution in [0.25, 0.3) is 6.08 Å². The molecule has 0 spiro atoms. The minimum absolute atomic E-state index is 0.0582. The molecule has 0 radical (unpaired) electrons. The fraction of sp³-hybridized carbons (Fsp3) is 0.458. The van der Waals surface area contributed by atoms with E-state index in [0.717, 1.165) is 17.6 Å². The highest BCUT2D eigenvalue weighted by Crippen LogP contribution is 2.54. The molecule has 0 bridgehead atoms. The van der Waals surface area contributed by atoms with Crippen LogP contribution in [-0.4, -0.2) is 22.8 Å². The van der Waals surface area contributed by atoms with Crippen LogP contribution >= 0.6 is 0 Å². The van der Waals surface area contributed by atoms with Gasteiger partial charge in [0.2, 0.25) is 0 Å². The van der Waals surface area contributed by atoms with Crippen molar-refractivity contribution in [3.8, 4) is 0 Å². The van der Waals surface area contributed by atoms with Crippen LogP contribution in [0.5, 0.6) is 0 Å². The molecule has 144 valence electrons. The van der Waals surface area contributed by atoms with Gasteiger partial charge in [-0.25, -0.2) is 4.79 Å². The lowest BCUT2D eigenvalue weighted by molar-refractivity contribution is -0.160. The van der Waals surface area contributed by atoms with Crippen LogP contribution in [-0.2, 0) is 9.53 Å². The second-order valence-corrected chi connectivity index (χ2v) is 8.45. The number of allylic oxidation sites excluding steroid dienone is 1. The average Bonchev–Trinajstić information content (AvgIpc) is 2.86. The van der Waals surface area contributed by atoms with Gasteiger partial charge in [0.25, 0.3) is 0 Å². The van der Waals surface area contributed by atoms with Crippen molar-refractivity contribution in [2.45, 2.75) is 52.2 Å². The smallest absolute Gasteiger partial charge is 0.331 e. The molecule has 4 atom stereocenters. The van der Waals surface area contributed by atoms with E-state index in [-0.39, 0.29) is 11.9 Å². The molecular weight excluding hydrogens is 336 g/mol. The first-order chi connectivity index (χ1) is 12.8. The molecule has 1 aromatic rings. The summed E-state index contributed by atoms with van der Waals surface area (Å²) in [5, 5.41) is 11.7. The normalized spacial score (nSPS) is 33.0. The molecule has 0 aromatic heterocycles. The third kappa shape index (κ3) is 3.66. The third-order valence-corrected chi connectivity index (χ3v) is 6.23. The SMILES string of the molecule is CC1=C[C@@H](OC(=O)/C=C/c2ccccc2)[C@@]2(C)C=C[C@H](C(C)C)[C@@]2(O)CC1. The second-order valence-electron chi connectivity index (χ2n) is 8.45. The highest BCUT2D eigenvalue weighted by atomic mass is 16.5. The molecule has 0 aliphatic heterocycles. The Labute approximate surface area is 162 Å². The summed E-state index contributed by atoms with van der Waals surface area (Å²) in [4.78, 5) is 12.5. The van der Waals surface area contributed by atoms with Crippen molar-refractivity contribution in [3.63, 3.8) is 0 Å². The van der Waals surface area contributed by atoms with Crippen molar-refractivity contribution in [1.82, 2.24) is 0 Å². The minimum Gasteiger partial charge on any atom is -0.454 e. The van der Waals surface area contributed by atoms with Crippen LogP contribution < -0.4 is 0 Å². The van der Waals surface area contributed by atoms with Gasteiger partial charge in [0, 0.05) is 12.0 Å². The van der Waals surface area contributed by atoms with Crippen LogP contribution in [0.1, 0.15) is 46.1 Å². The molecule has 27 heavy (non-hydrogen) atoms. The predicted octanol–water partition coefficient (Wildman–Crippen LogP) is 4.93. The Bertz CT molecular complexity index is 774. The molecule has 0 unspecified atom stereocenters. The van der Waals surface area contributed by atoms with Crippen molar-refractivity contribution in [2.24, 2.45) is 17.3 Å². The summed E-state index contributed by atoms with van der Waals surface area (Å²) in [7, 11) is 0. The molecule has 0 amide bonds. The first-order valence-corrected chi connectivity index (χ1v) is 9.79. The summed E-state index contributed by atoms with van der Waals surface area (Å²) < 4.78 is 5.86. The summed E-state index contributed by atoms with van der Waals surface area (Å²) in [6, 6.07) is 9.67. The van der Waals surface area contributed by atoms with E-state index in [1.807, 2.05) is 50.3 Å². The monoisotopic (exact) mass is 366 g/mol. The molecule has 2 aliphatic carbocycles. The number of hydrogen-bond acceptors (Lipinski definition) is 3. The number of aliphatic hydroxyl groups is 1. The highest BCUT2D eigenvalue weighted by molar-refractivity contribution is 5.87. The van der Waals surface area contributed by atoms with Crippen LogP contribution in [0, 0.1) is 17.3 Å². The minimum atomic E-state index is -0.913. The Morgan fingerprint density at radius 1 is 1.30 bits per heavy atom. The topological polar surface area (TPSA) is 46.5 Å². The molecule has 2 aliphatic rings. The van der Waals surface area contributed by atoms with Gasteiger partial charge in [-0.15, -0.1) is 0 Å². The number of hydrogen-bond donors (Lipinski definition) is 1. The van der Waals surface area contributed by atoms with E-state index in [9.17, 15) is 9.90 Å². The first kappa shape index (κ1) is 19.6. The molecule has 0 heterocycles. The van der Waals surface area contributed by atoms with Crippen LogP contribution in [0.4, 0.5) is 0 Å². The summed E-state index contributed by atoms with van der Waals surface area (Å²) in [6.07, 6.45) is 10.4. The number of benzene rings is 1. The van der Waals surface area contributed by atoms with E-state index in [1.165, 1.54) is 6.08 Å². The maximum absolute atomic E-state index is 12.5. The lowest BCUT2D eigenvalue weighted by Crippen LogP contribution is -2.54. The summed E-state index contributed by atoms with van der Waals surface area (Å²) in [5.74, 6) is -0.0107. The largest absolute Gasteiger partial charge is 0.454 e. The molecule has 0 saturated heterocycles. The van der Waals surface area contributed by atoms with Crippen molar-refractivity contribution in [3.05, 3.63) is 65.8 Å². The average molecular weight is 367 g/mol. The predicted molar refractivity (Wildman–Crippen MR) is 109 cm³/mol. The van der Waals surface area contributed by atoms with Gasteiger partial charge in [-0.2, -0.15) is 0 Å². The Morgan fingerprint density at radius 3 is 2.67 bits per heavy atom. The zero-order valence-electron chi connectivity index (χ0n) is 16.7. The van der Waals surface area contributed by atoms with Crippen LogP contribution in [0.3, 0.4) is 0 Å². The number of fused-ring (bicyclic) bond motifs is 1. The van der Waals surface area contributed by atoms with E-state index < -0.39 is 17.1 Å². The summed E-state index contributed by atoms with van der Waals surface area (Å²) >= 11 is 0. The fourth-order valence-corrected chi connectivity index (χ4v) is 4.47. The number of ether oxygens (including phenoxy) is 1. The van der Waals surface area contributed by atoms with Crippen molar-refractivity contribution >= 4 is 12.0 Å². The molecule has 0 fully saturated rings. The molecule has 1 N–H and O–H groups in total. The van der Waals surface area contributed by atoms with Crippen LogP contribution in [0.15, 0.2) is 60.2 Å². The maximum Gasteiger partial charge on any atom is 0.331 e. The molecule has 3 rings (SSSR count). The van der Waals surface area contributed by atoms with E-state index in [0.29, 0.717) is 12.3 Å². The highest BCUT2D eigenvalue weighted by Gasteiger charge is 2.59. The first-order valence-electron chi connectivity index (χ1n) is 9.79. The quantitative estimate of drug-likeness (QED) is 0.467. The van der Waals surface area contributed by atoms with E-state index in [2.05, 4.69) is 26.0 Å². The van der Waals surface area contributed by atoms with Gasteiger partial charge in [-0.1, -0.05) is 61.9 Å². The molecule has 3 heteroatoms. The summed E-state index contributed by atoms with van der Waals surface area (Å²) in [6.45, 7) is 8.32. The van der Waals surface area contributed by atoms with Gasteiger partial charge in [0.05, 0.1) is 11.0 Å². The van der Waals surface area contributed by atoms with E-state index in [4.69, 9.17) is 4.74 Å². The van der Waals surface area contributed by atoms with E-state index >= 15 is 0 Å². The van der Waals surface area contributed by atoms with Crippen molar-refractivity contribution in [1.29, 1.82) is 0 Å².